The molecule has 0 amide bonds. The molecule has 0 saturated carbocycles. The van der Waals surface area contributed by atoms with E-state index < -0.39 is 6.36 Å². The maximum atomic E-state index is 12.6. The number of ether oxygens (including phenoxy) is 1. The first-order valence-electron chi connectivity index (χ1n) is 9.29. The Morgan fingerprint density at radius 3 is 2.29 bits per heavy atom. The lowest BCUT2D eigenvalue weighted by Crippen LogP contribution is -2.17. The lowest BCUT2D eigenvalue weighted by molar-refractivity contribution is -0.274. The molecule has 0 N–H and O–H groups in total. The van der Waals surface area contributed by atoms with Gasteiger partial charge in [0, 0.05) is 5.39 Å². The average molecular weight is 382 g/mol. The summed E-state index contributed by atoms with van der Waals surface area (Å²) < 4.78 is 41.8. The Balaban J connectivity index is 1.90. The van der Waals surface area contributed by atoms with E-state index in [-0.39, 0.29) is 11.3 Å². The van der Waals surface area contributed by atoms with Crippen molar-refractivity contribution in [3.63, 3.8) is 0 Å². The average Bonchev–Trinajstić information content (AvgIpc) is 2.67. The highest BCUT2D eigenvalue weighted by Crippen LogP contribution is 2.33. The monoisotopic (exact) mass is 382 g/mol. The Morgan fingerprint density at radius 1 is 0.929 bits per heavy atom. The molecule has 0 aromatic heterocycles. The van der Waals surface area contributed by atoms with E-state index in [1.807, 2.05) is 12.1 Å². The summed E-state index contributed by atoms with van der Waals surface area (Å²) in [5, 5.41) is 1.33. The lowest BCUT2D eigenvalue weighted by Gasteiger charge is -2.13. The van der Waals surface area contributed by atoms with Gasteiger partial charge in [-0.15, -0.1) is 19.6 Å². The van der Waals surface area contributed by atoms with Gasteiger partial charge in [0.15, 0.2) is 0 Å². The molecule has 3 aromatic carbocycles. The zero-order valence-electron chi connectivity index (χ0n) is 15.6. The highest BCUT2D eigenvalue weighted by atomic mass is 19.4. The molecule has 0 atom stereocenters. The van der Waals surface area contributed by atoms with Gasteiger partial charge in [0.25, 0.3) is 0 Å². The van der Waals surface area contributed by atoms with Crippen molar-refractivity contribution in [1.29, 1.82) is 0 Å². The van der Waals surface area contributed by atoms with Crippen molar-refractivity contribution in [3.05, 3.63) is 65.7 Å². The van der Waals surface area contributed by atoms with Gasteiger partial charge in [-0.2, -0.15) is 0 Å². The number of hydrogen-bond acceptors (Lipinski definition) is 1. The summed E-state index contributed by atoms with van der Waals surface area (Å²) in [5.74, 6) is 1.97. The molecule has 28 heavy (non-hydrogen) atoms. The van der Waals surface area contributed by atoms with Crippen LogP contribution in [0.1, 0.15) is 37.3 Å². The molecule has 3 aromatic rings. The lowest BCUT2D eigenvalue weighted by atomic mass is 9.97. The molecule has 1 nitrogen and oxygen atoms in total. The molecule has 0 bridgehead atoms. The van der Waals surface area contributed by atoms with Crippen molar-refractivity contribution < 1.29 is 17.9 Å². The standard InChI is InChI=1S/C24H21F3O/c1-3-5-6-7-17-8-10-18(11-9-17)19-12-14-22-20(16-19)13-15-23(21(22)4-2)28-24(25,26)27/h2,8-16H,3,5-7H2,1H3. The molecule has 0 aliphatic rings. The van der Waals surface area contributed by atoms with Gasteiger partial charge >= 0.3 is 6.36 Å². The maximum Gasteiger partial charge on any atom is 0.573 e. The van der Waals surface area contributed by atoms with Crippen molar-refractivity contribution in [2.45, 2.75) is 39.0 Å². The van der Waals surface area contributed by atoms with Crippen molar-refractivity contribution >= 4 is 10.8 Å². The molecule has 0 aliphatic heterocycles. The van der Waals surface area contributed by atoms with Gasteiger partial charge in [0.2, 0.25) is 0 Å². The maximum absolute atomic E-state index is 12.6. The second-order valence-electron chi connectivity index (χ2n) is 6.72. The molecule has 144 valence electrons. The summed E-state index contributed by atoms with van der Waals surface area (Å²) in [6, 6.07) is 16.8. The first-order valence-corrected chi connectivity index (χ1v) is 9.29. The minimum atomic E-state index is -4.78. The van der Waals surface area contributed by atoms with E-state index in [2.05, 4.69) is 41.8 Å². The Bertz CT molecular complexity index is 995. The fourth-order valence-corrected chi connectivity index (χ4v) is 3.29. The highest BCUT2D eigenvalue weighted by molar-refractivity contribution is 5.93. The molecule has 0 aliphatic carbocycles. The van der Waals surface area contributed by atoms with Crippen molar-refractivity contribution in [1.82, 2.24) is 0 Å². The van der Waals surface area contributed by atoms with Gasteiger partial charge in [-0.25, -0.2) is 0 Å². The van der Waals surface area contributed by atoms with Crippen LogP contribution in [0.3, 0.4) is 0 Å². The number of unbranched alkanes of at least 4 members (excludes halogenated alkanes) is 2. The molecule has 4 heteroatoms. The van der Waals surface area contributed by atoms with Crippen LogP contribution in [0.2, 0.25) is 0 Å². The van der Waals surface area contributed by atoms with Crippen LogP contribution in [0.5, 0.6) is 5.75 Å². The predicted molar refractivity (Wildman–Crippen MR) is 107 cm³/mol. The van der Waals surface area contributed by atoms with E-state index in [9.17, 15) is 13.2 Å². The number of hydrogen-bond donors (Lipinski definition) is 0. The first kappa shape index (κ1) is 19.8. The highest BCUT2D eigenvalue weighted by Gasteiger charge is 2.32. The number of terminal acetylenes is 1. The quantitative estimate of drug-likeness (QED) is 0.326. The van der Waals surface area contributed by atoms with Gasteiger partial charge in [-0.3, -0.25) is 0 Å². The van der Waals surface area contributed by atoms with E-state index >= 15 is 0 Å². The van der Waals surface area contributed by atoms with E-state index in [0.717, 1.165) is 22.9 Å². The van der Waals surface area contributed by atoms with Crippen molar-refractivity contribution in [2.24, 2.45) is 0 Å². The van der Waals surface area contributed by atoms with Crippen LogP contribution in [-0.2, 0) is 6.42 Å². The van der Waals surface area contributed by atoms with E-state index in [1.54, 1.807) is 12.1 Å². The minimum absolute atomic E-state index is 0.104. The summed E-state index contributed by atoms with van der Waals surface area (Å²) in [4.78, 5) is 0. The molecule has 0 spiro atoms. The fraction of sp³-hybridized carbons (Fsp3) is 0.250. The number of benzene rings is 3. The number of fused-ring (bicyclic) bond motifs is 1. The molecule has 0 saturated heterocycles. The second-order valence-corrected chi connectivity index (χ2v) is 6.72. The van der Waals surface area contributed by atoms with Gasteiger partial charge in [0.1, 0.15) is 5.75 Å². The van der Waals surface area contributed by atoms with E-state index in [4.69, 9.17) is 6.42 Å². The van der Waals surface area contributed by atoms with Gasteiger partial charge < -0.3 is 4.74 Å². The molecule has 0 fully saturated rings. The van der Waals surface area contributed by atoms with Gasteiger partial charge in [-0.1, -0.05) is 68.2 Å². The summed E-state index contributed by atoms with van der Waals surface area (Å²) in [5.41, 5.74) is 3.45. The molecule has 0 unspecified atom stereocenters. The Morgan fingerprint density at radius 2 is 1.64 bits per heavy atom. The smallest absolute Gasteiger partial charge is 0.404 e. The first-order chi connectivity index (χ1) is 13.4. The van der Waals surface area contributed by atoms with Crippen LogP contribution in [-0.4, -0.2) is 6.36 Å². The number of aryl methyl sites for hydroxylation is 1. The molecule has 0 heterocycles. The number of halogens is 3. The second kappa shape index (κ2) is 8.39. The third-order valence-corrected chi connectivity index (χ3v) is 4.71. The van der Waals surface area contributed by atoms with Gasteiger partial charge in [-0.05, 0) is 47.1 Å². The Hall–Kier alpha value is -2.93. The Labute approximate surface area is 163 Å². The van der Waals surface area contributed by atoms with Crippen LogP contribution in [0.4, 0.5) is 13.2 Å². The van der Waals surface area contributed by atoms with Crippen molar-refractivity contribution in [3.8, 4) is 29.2 Å². The topological polar surface area (TPSA) is 9.23 Å². The van der Waals surface area contributed by atoms with Crippen LogP contribution in [0, 0.1) is 12.3 Å². The summed E-state index contributed by atoms with van der Waals surface area (Å²) in [6.07, 6.45) is 5.35. The van der Waals surface area contributed by atoms with Crippen LogP contribution in [0.25, 0.3) is 21.9 Å². The summed E-state index contributed by atoms with van der Waals surface area (Å²) >= 11 is 0. The number of rotatable bonds is 6. The molecule has 0 radical (unpaired) electrons. The van der Waals surface area contributed by atoms with Crippen LogP contribution in [0.15, 0.2) is 54.6 Å². The Kier molecular flexibility index (Phi) is 5.94. The van der Waals surface area contributed by atoms with E-state index in [1.165, 1.54) is 30.9 Å². The predicted octanol–water partition coefficient (Wildman–Crippen LogP) is 7.12. The zero-order chi connectivity index (χ0) is 20.1. The fourth-order valence-electron chi connectivity index (χ4n) is 3.29. The van der Waals surface area contributed by atoms with Gasteiger partial charge in [0.05, 0.1) is 5.56 Å². The third-order valence-electron chi connectivity index (χ3n) is 4.71. The SMILES string of the molecule is C#Cc1c(OC(F)(F)F)ccc2cc(-c3ccc(CCCCC)cc3)ccc12. The normalized spacial score (nSPS) is 11.4. The molecule has 3 rings (SSSR count). The summed E-state index contributed by atoms with van der Waals surface area (Å²) in [7, 11) is 0. The largest absolute Gasteiger partial charge is 0.573 e. The molecular weight excluding hydrogens is 361 g/mol. The molecular formula is C24H21F3O. The third kappa shape index (κ3) is 4.67. The minimum Gasteiger partial charge on any atom is -0.404 e. The van der Waals surface area contributed by atoms with Crippen LogP contribution >= 0.6 is 0 Å². The van der Waals surface area contributed by atoms with Crippen LogP contribution < -0.4 is 4.74 Å². The number of alkyl halides is 3. The van der Waals surface area contributed by atoms with Crippen molar-refractivity contribution in [2.75, 3.05) is 0 Å². The summed E-state index contributed by atoms with van der Waals surface area (Å²) in [6.45, 7) is 2.19. The van der Waals surface area contributed by atoms with E-state index in [0.29, 0.717) is 5.39 Å². The zero-order valence-corrected chi connectivity index (χ0v) is 15.6.